The highest BCUT2D eigenvalue weighted by molar-refractivity contribution is 6.31. The molecule has 0 aromatic heterocycles. The molecule has 1 heterocycles. The van der Waals surface area contributed by atoms with Crippen molar-refractivity contribution in [3.8, 4) is 5.75 Å². The number of benzene rings is 5. The molecule has 0 saturated carbocycles. The summed E-state index contributed by atoms with van der Waals surface area (Å²) in [5.41, 5.74) is 4.83. The Morgan fingerprint density at radius 2 is 1.15 bits per heavy atom. The normalized spacial score (nSPS) is 22.4. The topological polar surface area (TPSA) is 97.6 Å². The fraction of sp³-hybridized carbons (Fsp3) is 0.250. The molecule has 3 N–H and O–H groups in total. The Bertz CT molecular complexity index is 1720. The summed E-state index contributed by atoms with van der Waals surface area (Å²) in [4.78, 5) is 0. The Morgan fingerprint density at radius 3 is 1.69 bits per heavy atom. The van der Waals surface area contributed by atoms with Crippen molar-refractivity contribution in [2.75, 3.05) is 6.61 Å². The predicted octanol–water partition coefficient (Wildman–Crippen LogP) is 6.93. The molecule has 0 spiro atoms. The van der Waals surface area contributed by atoms with E-state index in [4.69, 9.17) is 30.5 Å². The predicted molar refractivity (Wildman–Crippen MR) is 183 cm³/mol. The number of ether oxygens (including phenoxy) is 4. The summed E-state index contributed by atoms with van der Waals surface area (Å²) >= 11 is 6.68. The minimum absolute atomic E-state index is 0.158. The fourth-order valence-corrected chi connectivity index (χ4v) is 6.18. The highest BCUT2D eigenvalue weighted by Gasteiger charge is 2.57. The fourth-order valence-electron chi connectivity index (χ4n) is 6.00. The molecule has 48 heavy (non-hydrogen) atoms. The molecule has 5 atom stereocenters. The molecule has 1 saturated heterocycles. The highest BCUT2D eigenvalue weighted by atomic mass is 35.5. The van der Waals surface area contributed by atoms with Crippen LogP contribution < -0.4 is 0 Å². The SMILES string of the molecule is OCC1OC(O)(c2ccc(Cl)c(Cc3ccc(O)cc3)c2)C(OCc2ccccc2)C(OCc2ccccc2)C1OCc1ccccc1. The first kappa shape index (κ1) is 33.8. The van der Waals surface area contributed by atoms with Crippen molar-refractivity contribution < 1.29 is 34.3 Å². The third kappa shape index (κ3) is 8.14. The number of aliphatic hydroxyl groups excluding tert-OH is 1. The summed E-state index contributed by atoms with van der Waals surface area (Å²) in [6.07, 6.45) is -3.29. The molecule has 5 unspecified atom stereocenters. The van der Waals surface area contributed by atoms with Gasteiger partial charge in [-0.05, 0) is 58.5 Å². The summed E-state index contributed by atoms with van der Waals surface area (Å²) in [6, 6.07) is 41.2. The minimum atomic E-state index is -2.07. The lowest BCUT2D eigenvalue weighted by molar-refractivity contribution is -0.377. The van der Waals surface area contributed by atoms with E-state index in [-0.39, 0.29) is 25.6 Å². The zero-order valence-corrected chi connectivity index (χ0v) is 27.2. The van der Waals surface area contributed by atoms with E-state index in [1.54, 1.807) is 30.3 Å². The van der Waals surface area contributed by atoms with E-state index in [2.05, 4.69) is 0 Å². The average Bonchev–Trinajstić information content (AvgIpc) is 3.12. The zero-order chi connectivity index (χ0) is 33.3. The van der Waals surface area contributed by atoms with E-state index in [1.165, 1.54) is 0 Å². The largest absolute Gasteiger partial charge is 0.508 e. The van der Waals surface area contributed by atoms with Gasteiger partial charge in [0.15, 0.2) is 0 Å². The lowest BCUT2D eigenvalue weighted by atomic mass is 9.86. The second-order valence-electron chi connectivity index (χ2n) is 11.9. The van der Waals surface area contributed by atoms with Crippen LogP contribution in [-0.4, -0.2) is 46.3 Å². The lowest BCUT2D eigenvalue weighted by Gasteiger charge is -2.50. The van der Waals surface area contributed by atoms with Gasteiger partial charge >= 0.3 is 0 Å². The Balaban J connectivity index is 1.39. The van der Waals surface area contributed by atoms with Gasteiger partial charge in [-0.3, -0.25) is 0 Å². The number of phenols is 1. The quantitative estimate of drug-likeness (QED) is 0.125. The van der Waals surface area contributed by atoms with Crippen LogP contribution in [0, 0.1) is 0 Å². The summed E-state index contributed by atoms with van der Waals surface area (Å²) < 4.78 is 26.2. The van der Waals surface area contributed by atoms with Crippen molar-refractivity contribution in [3.05, 3.63) is 172 Å². The second-order valence-corrected chi connectivity index (χ2v) is 12.3. The van der Waals surface area contributed by atoms with Crippen LogP contribution in [0.1, 0.15) is 33.4 Å². The van der Waals surface area contributed by atoms with E-state index in [0.717, 1.165) is 27.8 Å². The molecule has 1 aliphatic heterocycles. The molecule has 0 bridgehead atoms. The van der Waals surface area contributed by atoms with Crippen LogP contribution in [0.3, 0.4) is 0 Å². The van der Waals surface area contributed by atoms with Gasteiger partial charge in [-0.25, -0.2) is 0 Å². The van der Waals surface area contributed by atoms with Crippen molar-refractivity contribution in [2.45, 2.75) is 56.4 Å². The van der Waals surface area contributed by atoms with Crippen molar-refractivity contribution in [1.82, 2.24) is 0 Å². The van der Waals surface area contributed by atoms with Gasteiger partial charge in [-0.15, -0.1) is 0 Å². The average molecular weight is 667 g/mol. The van der Waals surface area contributed by atoms with Gasteiger partial charge < -0.3 is 34.3 Å². The van der Waals surface area contributed by atoms with E-state index in [1.807, 2.05) is 103 Å². The maximum absolute atomic E-state index is 12.7. The molecule has 5 aromatic rings. The molecule has 8 heteroatoms. The standard InChI is InChI=1S/C40H39ClO7/c41-35-21-18-33(23-32(35)22-28-16-19-34(43)20-17-28)40(44)39(47-27-31-14-8-3-9-15-31)38(46-26-30-12-6-2-7-13-30)37(36(24-42)48-40)45-25-29-10-4-1-5-11-29/h1-21,23,36-39,42-44H,22,24-27H2. The van der Waals surface area contributed by atoms with Gasteiger partial charge in [0.1, 0.15) is 30.2 Å². The first-order chi connectivity index (χ1) is 23.4. The van der Waals surface area contributed by atoms with Crippen LogP contribution in [0.2, 0.25) is 5.02 Å². The summed E-state index contributed by atoms with van der Waals surface area (Å²) in [5, 5.41) is 33.7. The first-order valence-electron chi connectivity index (χ1n) is 16.0. The minimum Gasteiger partial charge on any atom is -0.508 e. The number of aliphatic hydroxyl groups is 2. The molecule has 0 radical (unpaired) electrons. The van der Waals surface area contributed by atoms with Gasteiger partial charge in [0, 0.05) is 10.6 Å². The summed E-state index contributed by atoms with van der Waals surface area (Å²) in [7, 11) is 0. The Kier molecular flexibility index (Phi) is 11.2. The van der Waals surface area contributed by atoms with Crippen LogP contribution in [0.4, 0.5) is 0 Å². The maximum Gasteiger partial charge on any atom is 0.222 e. The number of halogens is 1. The summed E-state index contributed by atoms with van der Waals surface area (Å²) in [6.45, 7) is 0.165. The second kappa shape index (κ2) is 15.9. The number of rotatable bonds is 13. The van der Waals surface area contributed by atoms with Crippen LogP contribution in [0.25, 0.3) is 0 Å². The summed E-state index contributed by atoms with van der Waals surface area (Å²) in [5.74, 6) is -1.90. The highest BCUT2D eigenvalue weighted by Crippen LogP contribution is 2.42. The van der Waals surface area contributed by atoms with E-state index in [0.29, 0.717) is 17.0 Å². The zero-order valence-electron chi connectivity index (χ0n) is 26.4. The Labute approximate surface area is 285 Å². The third-order valence-corrected chi connectivity index (χ3v) is 8.89. The molecule has 5 aromatic carbocycles. The molecular weight excluding hydrogens is 628 g/mol. The van der Waals surface area contributed by atoms with Gasteiger partial charge in [0.05, 0.1) is 26.4 Å². The third-order valence-electron chi connectivity index (χ3n) is 8.52. The van der Waals surface area contributed by atoms with Gasteiger partial charge in [0.2, 0.25) is 5.79 Å². The number of aromatic hydroxyl groups is 1. The van der Waals surface area contributed by atoms with Gasteiger partial charge in [-0.2, -0.15) is 0 Å². The van der Waals surface area contributed by atoms with Crippen molar-refractivity contribution >= 4 is 11.6 Å². The lowest BCUT2D eigenvalue weighted by Crippen LogP contribution is -2.65. The van der Waals surface area contributed by atoms with Crippen LogP contribution in [0.15, 0.2) is 133 Å². The molecule has 6 rings (SSSR count). The van der Waals surface area contributed by atoms with Crippen molar-refractivity contribution in [1.29, 1.82) is 0 Å². The monoisotopic (exact) mass is 666 g/mol. The molecule has 0 amide bonds. The van der Waals surface area contributed by atoms with E-state index < -0.39 is 36.8 Å². The molecular formula is C40H39ClO7. The van der Waals surface area contributed by atoms with Crippen LogP contribution in [-0.2, 0) is 51.0 Å². The van der Waals surface area contributed by atoms with Gasteiger partial charge in [0.25, 0.3) is 0 Å². The molecule has 7 nitrogen and oxygen atoms in total. The molecule has 0 aliphatic carbocycles. The number of phenolic OH excluding ortho intramolecular Hbond substituents is 1. The number of hydrogen-bond acceptors (Lipinski definition) is 7. The maximum atomic E-state index is 12.7. The van der Waals surface area contributed by atoms with Gasteiger partial charge in [-0.1, -0.05) is 121 Å². The smallest absolute Gasteiger partial charge is 0.222 e. The Hall–Kier alpha value is -4.05. The van der Waals surface area contributed by atoms with E-state index in [9.17, 15) is 15.3 Å². The van der Waals surface area contributed by atoms with E-state index >= 15 is 0 Å². The van der Waals surface area contributed by atoms with Crippen LogP contribution in [0.5, 0.6) is 5.75 Å². The molecule has 1 aliphatic rings. The van der Waals surface area contributed by atoms with Crippen molar-refractivity contribution in [3.63, 3.8) is 0 Å². The molecule has 248 valence electrons. The van der Waals surface area contributed by atoms with Crippen molar-refractivity contribution in [2.24, 2.45) is 0 Å². The first-order valence-corrected chi connectivity index (χ1v) is 16.3. The Morgan fingerprint density at radius 1 is 0.625 bits per heavy atom. The number of hydrogen-bond donors (Lipinski definition) is 3. The molecule has 1 fully saturated rings. The van der Waals surface area contributed by atoms with Crippen LogP contribution >= 0.6 is 11.6 Å².